The van der Waals surface area contributed by atoms with E-state index in [1.807, 2.05) is 25.9 Å². The van der Waals surface area contributed by atoms with Crippen molar-refractivity contribution in [1.29, 1.82) is 0 Å². The lowest BCUT2D eigenvalue weighted by Crippen LogP contribution is -2.38. The molecule has 0 aliphatic heterocycles. The molecular formula is C10H16ClN3O2S. The molecule has 96 valence electrons. The predicted octanol–water partition coefficient (Wildman–Crippen LogP) is 0.963. The highest BCUT2D eigenvalue weighted by molar-refractivity contribution is 7.89. The minimum atomic E-state index is -3.51. The number of hydrogen-bond acceptors (Lipinski definition) is 4. The minimum Gasteiger partial charge on any atom is -0.305 e. The molecule has 1 aromatic rings. The van der Waals surface area contributed by atoms with Gasteiger partial charge in [0.25, 0.3) is 0 Å². The third kappa shape index (κ3) is 4.23. The van der Waals surface area contributed by atoms with Gasteiger partial charge in [-0.1, -0.05) is 11.6 Å². The number of halogens is 1. The van der Waals surface area contributed by atoms with Crippen LogP contribution in [0.15, 0.2) is 23.2 Å². The Balaban J connectivity index is 2.76. The fourth-order valence-electron chi connectivity index (χ4n) is 1.05. The van der Waals surface area contributed by atoms with E-state index in [0.29, 0.717) is 6.54 Å². The molecule has 1 rings (SSSR count). The van der Waals surface area contributed by atoms with E-state index >= 15 is 0 Å². The maximum Gasteiger partial charge on any atom is 0.240 e. The zero-order valence-electron chi connectivity index (χ0n) is 10.0. The van der Waals surface area contributed by atoms with Crippen LogP contribution in [-0.4, -0.2) is 45.0 Å². The Morgan fingerprint density at radius 1 is 1.53 bits per heavy atom. The standard InChI is InChI=1S/C10H16ClN3O2S/c1-8(14(2)3)7-13-17(15,16)9-4-5-12-10(11)6-9/h4-6,8,13H,7H2,1-3H3. The number of sulfonamides is 1. The van der Waals surface area contributed by atoms with Gasteiger partial charge in [-0.25, -0.2) is 18.1 Å². The van der Waals surface area contributed by atoms with Gasteiger partial charge in [-0.2, -0.15) is 0 Å². The number of nitrogens with zero attached hydrogens (tertiary/aromatic N) is 2. The summed E-state index contributed by atoms with van der Waals surface area (Å²) in [6, 6.07) is 2.85. The molecule has 7 heteroatoms. The second-order valence-corrected chi connectivity index (χ2v) is 6.13. The van der Waals surface area contributed by atoms with Gasteiger partial charge in [0.2, 0.25) is 10.0 Å². The smallest absolute Gasteiger partial charge is 0.240 e. The summed E-state index contributed by atoms with van der Waals surface area (Å²) >= 11 is 5.65. The van der Waals surface area contributed by atoms with Crippen molar-refractivity contribution in [1.82, 2.24) is 14.6 Å². The van der Waals surface area contributed by atoms with Crippen molar-refractivity contribution < 1.29 is 8.42 Å². The van der Waals surface area contributed by atoms with Gasteiger partial charge in [0, 0.05) is 18.8 Å². The molecule has 0 bridgehead atoms. The molecule has 0 fully saturated rings. The molecule has 5 nitrogen and oxygen atoms in total. The van der Waals surface area contributed by atoms with Gasteiger partial charge < -0.3 is 4.90 Å². The summed E-state index contributed by atoms with van der Waals surface area (Å²) < 4.78 is 26.3. The van der Waals surface area contributed by atoms with E-state index in [2.05, 4.69) is 9.71 Å². The molecule has 1 N–H and O–H groups in total. The van der Waals surface area contributed by atoms with Gasteiger partial charge in [-0.15, -0.1) is 0 Å². The Hall–Kier alpha value is -0.690. The van der Waals surface area contributed by atoms with Gasteiger partial charge in [0.05, 0.1) is 4.90 Å². The highest BCUT2D eigenvalue weighted by Crippen LogP contribution is 2.12. The summed E-state index contributed by atoms with van der Waals surface area (Å²) in [5.41, 5.74) is 0. The molecule has 1 unspecified atom stereocenters. The topological polar surface area (TPSA) is 62.3 Å². The third-order valence-electron chi connectivity index (χ3n) is 2.46. The lowest BCUT2D eigenvalue weighted by atomic mass is 10.3. The number of nitrogens with one attached hydrogen (secondary N) is 1. The second-order valence-electron chi connectivity index (χ2n) is 3.98. The van der Waals surface area contributed by atoms with Crippen LogP contribution < -0.4 is 4.72 Å². The summed E-state index contributed by atoms with van der Waals surface area (Å²) in [6.45, 7) is 2.28. The first-order valence-electron chi connectivity index (χ1n) is 5.10. The van der Waals surface area contributed by atoms with E-state index in [0.717, 1.165) is 0 Å². The fraction of sp³-hybridized carbons (Fsp3) is 0.500. The molecule has 0 saturated heterocycles. The van der Waals surface area contributed by atoms with Crippen LogP contribution in [-0.2, 0) is 10.0 Å². The highest BCUT2D eigenvalue weighted by Gasteiger charge is 2.16. The molecule has 0 saturated carbocycles. The zero-order valence-corrected chi connectivity index (χ0v) is 11.6. The van der Waals surface area contributed by atoms with Gasteiger partial charge >= 0.3 is 0 Å². The molecule has 0 aromatic carbocycles. The SMILES string of the molecule is CC(CNS(=O)(=O)c1ccnc(Cl)c1)N(C)C. The van der Waals surface area contributed by atoms with Crippen LogP contribution in [0.3, 0.4) is 0 Å². The molecule has 0 spiro atoms. The molecule has 17 heavy (non-hydrogen) atoms. The largest absolute Gasteiger partial charge is 0.305 e. The monoisotopic (exact) mass is 277 g/mol. The summed E-state index contributed by atoms with van der Waals surface area (Å²) in [7, 11) is 0.270. The van der Waals surface area contributed by atoms with Crippen molar-refractivity contribution in [3.63, 3.8) is 0 Å². The summed E-state index contributed by atoms with van der Waals surface area (Å²) in [5.74, 6) is 0. The van der Waals surface area contributed by atoms with E-state index in [1.165, 1.54) is 18.3 Å². The molecule has 1 heterocycles. The maximum atomic E-state index is 11.9. The molecule has 0 amide bonds. The average molecular weight is 278 g/mol. The van der Waals surface area contributed by atoms with E-state index in [9.17, 15) is 8.42 Å². The zero-order chi connectivity index (χ0) is 13.1. The van der Waals surface area contributed by atoms with Crippen LogP contribution in [0.4, 0.5) is 0 Å². The van der Waals surface area contributed by atoms with E-state index in [1.54, 1.807) is 0 Å². The Kier molecular flexibility index (Phi) is 4.88. The molecular weight excluding hydrogens is 262 g/mol. The van der Waals surface area contributed by atoms with Crippen molar-refractivity contribution in [3.8, 4) is 0 Å². The summed E-state index contributed by atoms with van der Waals surface area (Å²) in [5, 5.41) is 0.161. The van der Waals surface area contributed by atoms with Crippen LogP contribution in [0.1, 0.15) is 6.92 Å². The van der Waals surface area contributed by atoms with Crippen molar-refractivity contribution in [2.45, 2.75) is 17.9 Å². The van der Waals surface area contributed by atoms with Crippen LogP contribution in [0.2, 0.25) is 5.15 Å². The van der Waals surface area contributed by atoms with Gasteiger partial charge in [0.15, 0.2) is 0 Å². The highest BCUT2D eigenvalue weighted by atomic mass is 35.5. The maximum absolute atomic E-state index is 11.9. The van der Waals surface area contributed by atoms with Gasteiger partial charge in [-0.05, 0) is 33.2 Å². The fourth-order valence-corrected chi connectivity index (χ4v) is 2.42. The lowest BCUT2D eigenvalue weighted by molar-refractivity contribution is 0.314. The molecule has 0 aliphatic carbocycles. The van der Waals surface area contributed by atoms with Crippen molar-refractivity contribution in [2.75, 3.05) is 20.6 Å². The Morgan fingerprint density at radius 3 is 2.71 bits per heavy atom. The van der Waals surface area contributed by atoms with E-state index < -0.39 is 10.0 Å². The number of hydrogen-bond donors (Lipinski definition) is 1. The predicted molar refractivity (Wildman–Crippen MR) is 67.6 cm³/mol. The van der Waals surface area contributed by atoms with Crippen molar-refractivity contribution in [2.24, 2.45) is 0 Å². The van der Waals surface area contributed by atoms with Crippen LogP contribution in [0, 0.1) is 0 Å². The van der Waals surface area contributed by atoms with E-state index in [4.69, 9.17) is 11.6 Å². The first-order chi connectivity index (χ1) is 7.83. The van der Waals surface area contributed by atoms with Gasteiger partial charge in [0.1, 0.15) is 5.15 Å². The molecule has 1 atom stereocenters. The Labute approximate surface area is 107 Å². The van der Waals surface area contributed by atoms with Crippen LogP contribution in [0.25, 0.3) is 0 Å². The molecule has 1 aromatic heterocycles. The van der Waals surface area contributed by atoms with Crippen molar-refractivity contribution in [3.05, 3.63) is 23.5 Å². The Morgan fingerprint density at radius 2 is 2.18 bits per heavy atom. The normalized spacial score (nSPS) is 13.9. The lowest BCUT2D eigenvalue weighted by Gasteiger charge is -2.19. The number of aromatic nitrogens is 1. The van der Waals surface area contributed by atoms with Crippen LogP contribution in [0.5, 0.6) is 0 Å². The molecule has 0 aliphatic rings. The number of pyridine rings is 1. The number of likely N-dealkylation sites (N-methyl/N-ethyl adjacent to an activating group) is 1. The summed E-state index contributed by atoms with van der Waals surface area (Å²) in [4.78, 5) is 5.80. The average Bonchev–Trinajstić information content (AvgIpc) is 2.26. The second kappa shape index (κ2) is 5.77. The van der Waals surface area contributed by atoms with E-state index in [-0.39, 0.29) is 16.1 Å². The third-order valence-corrected chi connectivity index (χ3v) is 4.09. The first-order valence-corrected chi connectivity index (χ1v) is 6.96. The first kappa shape index (κ1) is 14.4. The van der Waals surface area contributed by atoms with Crippen molar-refractivity contribution >= 4 is 21.6 Å². The quantitative estimate of drug-likeness (QED) is 0.815. The Bertz CT molecular complexity index is 476. The van der Waals surface area contributed by atoms with Gasteiger partial charge in [-0.3, -0.25) is 0 Å². The summed E-state index contributed by atoms with van der Waals surface area (Å²) in [6.07, 6.45) is 1.37. The molecule has 0 radical (unpaired) electrons. The number of rotatable bonds is 5. The van der Waals surface area contributed by atoms with Crippen LogP contribution >= 0.6 is 11.6 Å². The minimum absolute atomic E-state index is 0.113.